The minimum Gasteiger partial charge on any atom is -0.323 e. The van der Waals surface area contributed by atoms with Gasteiger partial charge >= 0.3 is 0 Å². The molecular formula is C23H22FN7O. The van der Waals surface area contributed by atoms with Crippen molar-refractivity contribution in [3.63, 3.8) is 0 Å². The van der Waals surface area contributed by atoms with E-state index in [4.69, 9.17) is 0 Å². The lowest BCUT2D eigenvalue weighted by Crippen LogP contribution is -2.08. The number of benzene rings is 2. The van der Waals surface area contributed by atoms with Crippen molar-refractivity contribution in [1.29, 1.82) is 0 Å². The topological polar surface area (TPSA) is 90.5 Å². The molecule has 0 aliphatic carbocycles. The highest BCUT2D eigenvalue weighted by Gasteiger charge is 2.10. The Hall–Kier alpha value is -4.14. The maximum absolute atomic E-state index is 13.2. The maximum atomic E-state index is 13.2. The lowest BCUT2D eigenvalue weighted by atomic mass is 10.1. The normalized spacial score (nSPS) is 11.2. The number of amides is 1. The number of rotatable bonds is 7. The van der Waals surface area contributed by atoms with Gasteiger partial charge in [0.1, 0.15) is 5.82 Å². The van der Waals surface area contributed by atoms with Crippen LogP contribution >= 0.6 is 0 Å². The van der Waals surface area contributed by atoms with Crippen LogP contribution in [-0.2, 0) is 24.8 Å². The summed E-state index contributed by atoms with van der Waals surface area (Å²) in [6.45, 7) is 2.70. The minimum atomic E-state index is -0.303. The third kappa shape index (κ3) is 4.77. The summed E-state index contributed by atoms with van der Waals surface area (Å²) in [5.74, 6) is 0.226. The Morgan fingerprint density at radius 2 is 1.88 bits per heavy atom. The SMILES string of the molecule is CCn1nnnc1Cc1ccc(NC(=O)/C=C/c2cnn(C)c2-c2ccc(F)cc2)cc1. The quantitative estimate of drug-likeness (QED) is 0.453. The number of tetrazole rings is 1. The number of hydrogen-bond donors (Lipinski definition) is 1. The van der Waals surface area contributed by atoms with Gasteiger partial charge in [0.2, 0.25) is 5.91 Å². The van der Waals surface area contributed by atoms with Crippen LogP contribution in [0.15, 0.2) is 60.8 Å². The molecule has 9 heteroatoms. The zero-order chi connectivity index (χ0) is 22.5. The summed E-state index contributed by atoms with van der Waals surface area (Å²) in [5, 5.41) is 18.8. The van der Waals surface area contributed by atoms with E-state index in [1.54, 1.807) is 40.8 Å². The van der Waals surface area contributed by atoms with E-state index in [0.29, 0.717) is 18.7 Å². The lowest BCUT2D eigenvalue weighted by Gasteiger charge is -2.06. The van der Waals surface area contributed by atoms with Gasteiger partial charge in [-0.15, -0.1) is 5.10 Å². The summed E-state index contributed by atoms with van der Waals surface area (Å²) < 4.78 is 16.7. The molecule has 0 fully saturated rings. The molecule has 2 aromatic carbocycles. The molecule has 4 rings (SSSR count). The Balaban J connectivity index is 1.41. The highest BCUT2D eigenvalue weighted by molar-refractivity contribution is 6.02. The molecule has 0 unspecified atom stereocenters. The standard InChI is InChI=1S/C23H22FN7O/c1-3-31-21(27-28-29-31)14-16-4-11-20(12-5-16)26-22(32)13-8-18-15-25-30(2)23(18)17-6-9-19(24)10-7-17/h4-13,15H,3,14H2,1-2H3,(H,26,32)/b13-8+. The molecule has 1 N–H and O–H groups in total. The van der Waals surface area contributed by atoms with Gasteiger partial charge in [0.05, 0.1) is 11.9 Å². The molecule has 0 aliphatic heterocycles. The van der Waals surface area contributed by atoms with Crippen LogP contribution in [0.5, 0.6) is 0 Å². The Labute approximate surface area is 184 Å². The summed E-state index contributed by atoms with van der Waals surface area (Å²) in [7, 11) is 1.80. The van der Waals surface area contributed by atoms with E-state index in [-0.39, 0.29) is 11.7 Å². The Morgan fingerprint density at radius 1 is 1.12 bits per heavy atom. The number of aromatic nitrogens is 6. The van der Waals surface area contributed by atoms with E-state index >= 15 is 0 Å². The Kier molecular flexibility index (Phi) is 6.16. The van der Waals surface area contributed by atoms with E-state index in [2.05, 4.69) is 25.9 Å². The summed E-state index contributed by atoms with van der Waals surface area (Å²) >= 11 is 0. The first-order valence-corrected chi connectivity index (χ1v) is 10.1. The zero-order valence-electron chi connectivity index (χ0n) is 17.7. The Morgan fingerprint density at radius 3 is 2.59 bits per heavy atom. The third-order valence-corrected chi connectivity index (χ3v) is 4.99. The molecule has 162 valence electrons. The van der Waals surface area contributed by atoms with Crippen LogP contribution in [0.3, 0.4) is 0 Å². The number of carbonyl (C=O) groups is 1. The van der Waals surface area contributed by atoms with Gasteiger partial charge in [-0.3, -0.25) is 9.48 Å². The van der Waals surface area contributed by atoms with Crippen molar-refractivity contribution in [3.05, 3.63) is 83.6 Å². The highest BCUT2D eigenvalue weighted by atomic mass is 19.1. The number of hydrogen-bond acceptors (Lipinski definition) is 5. The smallest absolute Gasteiger partial charge is 0.248 e. The van der Waals surface area contributed by atoms with E-state index in [1.807, 2.05) is 31.2 Å². The fourth-order valence-electron chi connectivity index (χ4n) is 3.37. The van der Waals surface area contributed by atoms with E-state index in [0.717, 1.165) is 28.2 Å². The molecule has 4 aromatic rings. The summed E-state index contributed by atoms with van der Waals surface area (Å²) in [5.41, 5.74) is 4.10. The van der Waals surface area contributed by atoms with Gasteiger partial charge in [0, 0.05) is 42.9 Å². The number of carbonyl (C=O) groups excluding carboxylic acids is 1. The predicted molar refractivity (Wildman–Crippen MR) is 119 cm³/mol. The lowest BCUT2D eigenvalue weighted by molar-refractivity contribution is -0.111. The van der Waals surface area contributed by atoms with E-state index in [9.17, 15) is 9.18 Å². The fourth-order valence-corrected chi connectivity index (χ4v) is 3.37. The van der Waals surface area contributed by atoms with Crippen LogP contribution in [0.4, 0.5) is 10.1 Å². The fraction of sp³-hybridized carbons (Fsp3) is 0.174. The van der Waals surface area contributed by atoms with Gasteiger partial charge in [-0.05, 0) is 65.4 Å². The predicted octanol–water partition coefficient (Wildman–Crippen LogP) is 3.48. The summed E-state index contributed by atoms with van der Waals surface area (Å²) in [4.78, 5) is 12.4. The molecule has 0 radical (unpaired) electrons. The average molecular weight is 431 g/mol. The van der Waals surface area contributed by atoms with Crippen LogP contribution in [0.25, 0.3) is 17.3 Å². The third-order valence-electron chi connectivity index (χ3n) is 4.99. The van der Waals surface area contributed by atoms with Crippen molar-refractivity contribution in [1.82, 2.24) is 30.0 Å². The first-order valence-electron chi connectivity index (χ1n) is 10.1. The molecule has 1 amide bonds. The Bertz CT molecular complexity index is 1240. The van der Waals surface area contributed by atoms with Crippen molar-refractivity contribution in [2.75, 3.05) is 5.32 Å². The largest absolute Gasteiger partial charge is 0.323 e. The molecule has 0 bridgehead atoms. The summed E-state index contributed by atoms with van der Waals surface area (Å²) in [6.07, 6.45) is 5.43. The maximum Gasteiger partial charge on any atom is 0.248 e. The van der Waals surface area contributed by atoms with E-state index in [1.165, 1.54) is 18.2 Å². The van der Waals surface area contributed by atoms with Crippen molar-refractivity contribution in [3.8, 4) is 11.3 Å². The van der Waals surface area contributed by atoms with E-state index < -0.39 is 0 Å². The van der Waals surface area contributed by atoms with Crippen molar-refractivity contribution in [2.24, 2.45) is 7.05 Å². The number of anilines is 1. The van der Waals surface area contributed by atoms with Gasteiger partial charge in [-0.25, -0.2) is 9.07 Å². The van der Waals surface area contributed by atoms with Gasteiger partial charge in [0.15, 0.2) is 5.82 Å². The molecular weight excluding hydrogens is 409 g/mol. The molecule has 0 atom stereocenters. The second-order valence-corrected chi connectivity index (χ2v) is 7.19. The minimum absolute atomic E-state index is 0.262. The first kappa shape index (κ1) is 21.1. The molecule has 8 nitrogen and oxygen atoms in total. The zero-order valence-corrected chi connectivity index (χ0v) is 17.7. The average Bonchev–Trinajstić information content (AvgIpc) is 3.40. The van der Waals surface area contributed by atoms with Crippen molar-refractivity contribution >= 4 is 17.7 Å². The molecule has 2 heterocycles. The van der Waals surface area contributed by atoms with Gasteiger partial charge in [-0.2, -0.15) is 5.10 Å². The second kappa shape index (κ2) is 9.34. The molecule has 32 heavy (non-hydrogen) atoms. The van der Waals surface area contributed by atoms with Crippen molar-refractivity contribution in [2.45, 2.75) is 19.9 Å². The highest BCUT2D eigenvalue weighted by Crippen LogP contribution is 2.24. The van der Waals surface area contributed by atoms with Crippen LogP contribution in [-0.4, -0.2) is 35.9 Å². The van der Waals surface area contributed by atoms with Gasteiger partial charge < -0.3 is 5.32 Å². The number of halogens is 1. The molecule has 0 saturated carbocycles. The number of nitrogens with one attached hydrogen (secondary N) is 1. The van der Waals surface area contributed by atoms with Gasteiger partial charge in [-0.1, -0.05) is 12.1 Å². The van der Waals surface area contributed by atoms with Gasteiger partial charge in [0.25, 0.3) is 0 Å². The van der Waals surface area contributed by atoms with Crippen LogP contribution < -0.4 is 5.32 Å². The molecule has 0 spiro atoms. The molecule has 0 aliphatic rings. The van der Waals surface area contributed by atoms with Crippen LogP contribution in [0.2, 0.25) is 0 Å². The molecule has 0 saturated heterocycles. The van der Waals surface area contributed by atoms with Crippen LogP contribution in [0, 0.1) is 5.82 Å². The molecule has 2 aromatic heterocycles. The number of aryl methyl sites for hydroxylation is 2. The van der Waals surface area contributed by atoms with Crippen LogP contribution in [0.1, 0.15) is 23.9 Å². The number of nitrogens with zero attached hydrogens (tertiary/aromatic N) is 6. The summed E-state index contributed by atoms with van der Waals surface area (Å²) in [6, 6.07) is 13.7. The second-order valence-electron chi connectivity index (χ2n) is 7.19. The first-order chi connectivity index (χ1) is 15.5. The van der Waals surface area contributed by atoms with Crippen molar-refractivity contribution < 1.29 is 9.18 Å². The monoisotopic (exact) mass is 431 g/mol.